The predicted octanol–water partition coefficient (Wildman–Crippen LogP) is 3.69. The summed E-state index contributed by atoms with van der Waals surface area (Å²) in [5.74, 6) is 0.534. The highest BCUT2D eigenvalue weighted by Crippen LogP contribution is 2.39. The third kappa shape index (κ3) is 5.93. The van der Waals surface area contributed by atoms with Gasteiger partial charge in [0.15, 0.2) is 11.5 Å². The van der Waals surface area contributed by atoms with Crippen LogP contribution < -0.4 is 14.8 Å². The van der Waals surface area contributed by atoms with E-state index in [4.69, 9.17) is 14.2 Å². The van der Waals surface area contributed by atoms with Crippen LogP contribution >= 0.6 is 0 Å². The van der Waals surface area contributed by atoms with E-state index < -0.39 is 11.6 Å². The summed E-state index contributed by atoms with van der Waals surface area (Å²) in [6.45, 7) is 6.08. The standard InChI is InChI=1S/C26H31FN4O5/c1-26(2,3)28-25(33)30(11-12-34-4)15-24(32)31-21(18-7-10-22-23(13-18)36-16-35-22)14-20(29-31)17-5-8-19(27)9-6-17/h5-10,13,21H,11-12,14-16H2,1-4H3,(H,28,33)/t21-/m0/s1. The average molecular weight is 499 g/mol. The molecule has 2 aromatic rings. The molecule has 192 valence electrons. The molecule has 4 rings (SSSR count). The SMILES string of the molecule is COCCN(CC(=O)N1N=C(c2ccc(F)cc2)C[C@H]1c1ccc2c(c1)OCO2)C(=O)NC(C)(C)C. The summed E-state index contributed by atoms with van der Waals surface area (Å²) in [5.41, 5.74) is 1.71. The van der Waals surface area contributed by atoms with Gasteiger partial charge in [-0.15, -0.1) is 0 Å². The van der Waals surface area contributed by atoms with E-state index in [0.29, 0.717) is 23.6 Å². The molecular formula is C26H31FN4O5. The molecule has 0 fully saturated rings. The maximum Gasteiger partial charge on any atom is 0.318 e. The topological polar surface area (TPSA) is 92.7 Å². The second-order valence-electron chi connectivity index (χ2n) is 9.72. The first kappa shape index (κ1) is 25.4. The maximum atomic E-state index is 13.6. The number of methoxy groups -OCH3 is 1. The number of ether oxygens (including phenoxy) is 3. The molecule has 0 radical (unpaired) electrons. The fourth-order valence-corrected chi connectivity index (χ4v) is 4.03. The molecule has 10 heteroatoms. The summed E-state index contributed by atoms with van der Waals surface area (Å²) >= 11 is 0. The monoisotopic (exact) mass is 498 g/mol. The average Bonchev–Trinajstić information content (AvgIpc) is 3.48. The molecule has 2 aromatic carbocycles. The van der Waals surface area contributed by atoms with Gasteiger partial charge in [-0.25, -0.2) is 14.2 Å². The van der Waals surface area contributed by atoms with Crippen LogP contribution in [0.5, 0.6) is 11.5 Å². The Morgan fingerprint density at radius 3 is 2.58 bits per heavy atom. The number of benzene rings is 2. The van der Waals surface area contributed by atoms with Gasteiger partial charge in [-0.2, -0.15) is 5.10 Å². The smallest absolute Gasteiger partial charge is 0.318 e. The summed E-state index contributed by atoms with van der Waals surface area (Å²) in [6, 6.07) is 10.7. The fourth-order valence-electron chi connectivity index (χ4n) is 4.03. The molecule has 0 bridgehead atoms. The molecule has 36 heavy (non-hydrogen) atoms. The van der Waals surface area contributed by atoms with Crippen LogP contribution in [0.1, 0.15) is 44.4 Å². The van der Waals surface area contributed by atoms with Gasteiger partial charge in [0, 0.05) is 25.6 Å². The van der Waals surface area contributed by atoms with Crippen LogP contribution in [-0.2, 0) is 9.53 Å². The van der Waals surface area contributed by atoms with Crippen molar-refractivity contribution in [1.82, 2.24) is 15.2 Å². The largest absolute Gasteiger partial charge is 0.454 e. The van der Waals surface area contributed by atoms with Crippen LogP contribution in [0.4, 0.5) is 9.18 Å². The number of nitrogens with one attached hydrogen (secondary N) is 1. The summed E-state index contributed by atoms with van der Waals surface area (Å²) in [6.07, 6.45) is 0.420. The Bertz CT molecular complexity index is 1150. The van der Waals surface area contributed by atoms with E-state index in [1.807, 2.05) is 32.9 Å². The van der Waals surface area contributed by atoms with Gasteiger partial charge in [-0.05, 0) is 56.2 Å². The van der Waals surface area contributed by atoms with Crippen molar-refractivity contribution in [1.29, 1.82) is 0 Å². The van der Waals surface area contributed by atoms with Gasteiger partial charge in [0.05, 0.1) is 18.4 Å². The molecule has 2 aliphatic rings. The number of rotatable bonds is 7. The molecule has 2 heterocycles. The fraction of sp³-hybridized carbons (Fsp3) is 0.423. The maximum absolute atomic E-state index is 13.6. The quantitative estimate of drug-likeness (QED) is 0.629. The molecule has 2 aliphatic heterocycles. The Morgan fingerprint density at radius 2 is 1.89 bits per heavy atom. The minimum atomic E-state index is -0.470. The van der Waals surface area contributed by atoms with Crippen molar-refractivity contribution < 1.29 is 28.2 Å². The molecule has 1 N–H and O–H groups in total. The van der Waals surface area contributed by atoms with E-state index in [-0.39, 0.29) is 44.2 Å². The van der Waals surface area contributed by atoms with E-state index in [1.165, 1.54) is 29.2 Å². The molecule has 0 unspecified atom stereocenters. The zero-order chi connectivity index (χ0) is 25.9. The van der Waals surface area contributed by atoms with Crippen molar-refractivity contribution in [2.75, 3.05) is 33.6 Å². The van der Waals surface area contributed by atoms with Gasteiger partial charge >= 0.3 is 6.03 Å². The van der Waals surface area contributed by atoms with Crippen LogP contribution in [0.3, 0.4) is 0 Å². The van der Waals surface area contributed by atoms with Crippen molar-refractivity contribution in [3.05, 3.63) is 59.4 Å². The summed E-state index contributed by atoms with van der Waals surface area (Å²) in [4.78, 5) is 27.9. The van der Waals surface area contributed by atoms with Gasteiger partial charge < -0.3 is 24.4 Å². The molecule has 0 aliphatic carbocycles. The lowest BCUT2D eigenvalue weighted by Crippen LogP contribution is -2.52. The first-order chi connectivity index (χ1) is 17.1. The van der Waals surface area contributed by atoms with Crippen LogP contribution in [0.25, 0.3) is 0 Å². The zero-order valence-corrected chi connectivity index (χ0v) is 20.9. The number of hydrogen-bond acceptors (Lipinski definition) is 6. The number of amides is 3. The Balaban J connectivity index is 1.61. The normalized spacial score (nSPS) is 16.6. The van der Waals surface area contributed by atoms with Crippen molar-refractivity contribution in [3.63, 3.8) is 0 Å². The minimum absolute atomic E-state index is 0.140. The number of carbonyl (C=O) groups is 2. The Morgan fingerprint density at radius 1 is 1.17 bits per heavy atom. The Labute approximate surface area is 209 Å². The number of hydrazone groups is 1. The van der Waals surface area contributed by atoms with Gasteiger partial charge in [0.1, 0.15) is 12.4 Å². The second-order valence-corrected chi connectivity index (χ2v) is 9.72. The van der Waals surface area contributed by atoms with E-state index in [2.05, 4.69) is 10.4 Å². The Hall–Kier alpha value is -3.66. The van der Waals surface area contributed by atoms with Gasteiger partial charge in [-0.3, -0.25) is 4.79 Å². The molecule has 3 amide bonds. The van der Waals surface area contributed by atoms with Crippen LogP contribution in [0, 0.1) is 5.82 Å². The van der Waals surface area contributed by atoms with Gasteiger partial charge in [0.25, 0.3) is 5.91 Å². The van der Waals surface area contributed by atoms with E-state index in [1.54, 1.807) is 18.2 Å². The van der Waals surface area contributed by atoms with E-state index >= 15 is 0 Å². The van der Waals surface area contributed by atoms with Crippen LogP contribution in [-0.4, -0.2) is 66.7 Å². The summed E-state index contributed by atoms with van der Waals surface area (Å²) in [7, 11) is 1.54. The summed E-state index contributed by atoms with van der Waals surface area (Å²) in [5, 5.41) is 8.92. The first-order valence-corrected chi connectivity index (χ1v) is 11.8. The third-order valence-corrected chi connectivity index (χ3v) is 5.79. The highest BCUT2D eigenvalue weighted by Gasteiger charge is 2.35. The van der Waals surface area contributed by atoms with Gasteiger partial charge in [0.2, 0.25) is 6.79 Å². The predicted molar refractivity (Wildman–Crippen MR) is 131 cm³/mol. The lowest BCUT2D eigenvalue weighted by molar-refractivity contribution is -0.133. The molecule has 9 nitrogen and oxygen atoms in total. The number of fused-ring (bicyclic) bond motifs is 1. The first-order valence-electron chi connectivity index (χ1n) is 11.8. The van der Waals surface area contributed by atoms with E-state index in [0.717, 1.165) is 11.1 Å². The molecular weight excluding hydrogens is 467 g/mol. The molecule has 0 saturated carbocycles. The number of nitrogens with zero attached hydrogens (tertiary/aromatic N) is 3. The second kappa shape index (κ2) is 10.5. The zero-order valence-electron chi connectivity index (χ0n) is 20.9. The van der Waals surface area contributed by atoms with Crippen LogP contribution in [0.15, 0.2) is 47.6 Å². The third-order valence-electron chi connectivity index (χ3n) is 5.79. The van der Waals surface area contributed by atoms with Crippen molar-refractivity contribution >= 4 is 17.6 Å². The number of hydrogen-bond donors (Lipinski definition) is 1. The van der Waals surface area contributed by atoms with Gasteiger partial charge in [-0.1, -0.05) is 18.2 Å². The van der Waals surface area contributed by atoms with Crippen LogP contribution in [0.2, 0.25) is 0 Å². The highest BCUT2D eigenvalue weighted by molar-refractivity contribution is 6.03. The minimum Gasteiger partial charge on any atom is -0.454 e. The molecule has 0 saturated heterocycles. The number of carbonyl (C=O) groups excluding carboxylic acids is 2. The number of halogens is 1. The molecule has 1 atom stereocenters. The van der Waals surface area contributed by atoms with Crippen molar-refractivity contribution in [3.8, 4) is 11.5 Å². The van der Waals surface area contributed by atoms with Crippen molar-refractivity contribution in [2.24, 2.45) is 5.10 Å². The lowest BCUT2D eigenvalue weighted by Gasteiger charge is -2.30. The summed E-state index contributed by atoms with van der Waals surface area (Å²) < 4.78 is 29.6. The van der Waals surface area contributed by atoms with E-state index in [9.17, 15) is 14.0 Å². The number of urea groups is 1. The molecule has 0 spiro atoms. The lowest BCUT2D eigenvalue weighted by atomic mass is 9.98. The van der Waals surface area contributed by atoms with Crippen molar-refractivity contribution in [2.45, 2.75) is 38.8 Å². The Kier molecular flexibility index (Phi) is 7.44. The highest BCUT2D eigenvalue weighted by atomic mass is 19.1. The molecule has 0 aromatic heterocycles.